The van der Waals surface area contributed by atoms with E-state index in [0.717, 1.165) is 32.1 Å². The largest absolute Gasteiger partial charge is 0.444 e. The van der Waals surface area contributed by atoms with Crippen LogP contribution in [0.3, 0.4) is 0 Å². The van der Waals surface area contributed by atoms with Crippen molar-refractivity contribution < 1.29 is 23.9 Å². The summed E-state index contributed by atoms with van der Waals surface area (Å²) in [7, 11) is 0. The first-order valence-corrected chi connectivity index (χ1v) is 7.95. The highest BCUT2D eigenvalue weighted by Gasteiger charge is 2.46. The number of hydrogen-bond acceptors (Lipinski definition) is 5. The van der Waals surface area contributed by atoms with Crippen LogP contribution in [0.25, 0.3) is 0 Å². The van der Waals surface area contributed by atoms with Gasteiger partial charge in [-0.25, -0.2) is 4.79 Å². The lowest BCUT2D eigenvalue weighted by atomic mass is 9.69. The molecular weight excluding hydrogens is 286 g/mol. The number of alkyl carbamates (subject to hydrolysis) is 1. The van der Waals surface area contributed by atoms with Crippen LogP contribution in [0.2, 0.25) is 0 Å². The second-order valence-electron chi connectivity index (χ2n) is 7.29. The van der Waals surface area contributed by atoms with Gasteiger partial charge in [-0.15, -0.1) is 0 Å². The number of cyclic esters (lactones) is 2. The minimum Gasteiger partial charge on any atom is -0.444 e. The summed E-state index contributed by atoms with van der Waals surface area (Å²) < 4.78 is 9.97. The summed E-state index contributed by atoms with van der Waals surface area (Å²) in [5.41, 5.74) is -1.13. The average molecular weight is 311 g/mol. The van der Waals surface area contributed by atoms with E-state index < -0.39 is 29.2 Å². The van der Waals surface area contributed by atoms with Crippen molar-refractivity contribution in [3.63, 3.8) is 0 Å². The Hall–Kier alpha value is -1.59. The van der Waals surface area contributed by atoms with E-state index in [2.05, 4.69) is 10.1 Å². The van der Waals surface area contributed by atoms with E-state index in [0.29, 0.717) is 0 Å². The number of ether oxygens (including phenoxy) is 2. The van der Waals surface area contributed by atoms with Crippen LogP contribution in [0.5, 0.6) is 0 Å². The Labute approximate surface area is 130 Å². The molecule has 0 aromatic heterocycles. The zero-order chi connectivity index (χ0) is 16.4. The zero-order valence-corrected chi connectivity index (χ0v) is 13.6. The normalized spacial score (nSPS) is 22.9. The molecule has 2 fully saturated rings. The predicted octanol–water partition coefficient (Wildman–Crippen LogP) is 2.69. The summed E-state index contributed by atoms with van der Waals surface area (Å²) >= 11 is 0. The third-order valence-electron chi connectivity index (χ3n) is 4.33. The van der Waals surface area contributed by atoms with E-state index in [4.69, 9.17) is 4.74 Å². The van der Waals surface area contributed by atoms with E-state index in [-0.39, 0.29) is 18.8 Å². The van der Waals surface area contributed by atoms with E-state index in [1.54, 1.807) is 0 Å². The van der Waals surface area contributed by atoms with Gasteiger partial charge >= 0.3 is 18.0 Å². The molecule has 0 spiro atoms. The lowest BCUT2D eigenvalue weighted by Crippen LogP contribution is -2.57. The van der Waals surface area contributed by atoms with Crippen LogP contribution in [0.1, 0.15) is 65.7 Å². The van der Waals surface area contributed by atoms with Gasteiger partial charge in [0.05, 0.1) is 12.8 Å². The molecule has 2 aliphatic rings. The van der Waals surface area contributed by atoms with Crippen molar-refractivity contribution in [3.05, 3.63) is 0 Å². The SMILES string of the molecule is CC(C)(C)OC(=O)NC1(C2CC(=O)OC(=O)C2)CCCCC1. The predicted molar refractivity (Wildman–Crippen MR) is 79.0 cm³/mol. The van der Waals surface area contributed by atoms with Gasteiger partial charge < -0.3 is 14.8 Å². The van der Waals surface area contributed by atoms with Crippen LogP contribution in [-0.4, -0.2) is 29.2 Å². The molecule has 0 bridgehead atoms. The Morgan fingerprint density at radius 2 is 1.68 bits per heavy atom. The standard InChI is InChI=1S/C16H25NO5/c1-15(2,3)22-14(20)17-16(7-5-4-6-8-16)11-9-12(18)21-13(19)10-11/h11H,4-10H2,1-3H3,(H,17,20). The second-order valence-corrected chi connectivity index (χ2v) is 7.29. The molecule has 6 heteroatoms. The summed E-state index contributed by atoms with van der Waals surface area (Å²) in [5, 5.41) is 2.98. The van der Waals surface area contributed by atoms with Crippen LogP contribution < -0.4 is 5.32 Å². The highest BCUT2D eigenvalue weighted by molar-refractivity contribution is 5.88. The molecule has 1 heterocycles. The van der Waals surface area contributed by atoms with Gasteiger partial charge in [0.25, 0.3) is 0 Å². The number of amides is 1. The molecule has 1 aliphatic heterocycles. The zero-order valence-electron chi connectivity index (χ0n) is 13.6. The van der Waals surface area contributed by atoms with Crippen molar-refractivity contribution in [3.8, 4) is 0 Å². The van der Waals surface area contributed by atoms with Crippen LogP contribution in [-0.2, 0) is 19.1 Å². The molecule has 2 rings (SSSR count). The number of carbonyl (C=O) groups is 3. The van der Waals surface area contributed by atoms with Gasteiger partial charge in [-0.1, -0.05) is 19.3 Å². The van der Waals surface area contributed by atoms with Crippen LogP contribution in [0, 0.1) is 5.92 Å². The minimum atomic E-state index is -0.582. The molecule has 1 saturated heterocycles. The number of nitrogens with one attached hydrogen (secondary N) is 1. The number of esters is 2. The van der Waals surface area contributed by atoms with Gasteiger partial charge in [0.1, 0.15) is 5.60 Å². The van der Waals surface area contributed by atoms with Gasteiger partial charge in [0.15, 0.2) is 0 Å². The van der Waals surface area contributed by atoms with Crippen molar-refractivity contribution in [2.45, 2.75) is 76.9 Å². The van der Waals surface area contributed by atoms with E-state index in [1.165, 1.54) is 0 Å². The van der Waals surface area contributed by atoms with E-state index in [1.807, 2.05) is 20.8 Å². The van der Waals surface area contributed by atoms with Crippen molar-refractivity contribution in [2.75, 3.05) is 0 Å². The van der Waals surface area contributed by atoms with Crippen LogP contribution in [0.15, 0.2) is 0 Å². The van der Waals surface area contributed by atoms with Crippen LogP contribution >= 0.6 is 0 Å². The Kier molecular flexibility index (Phi) is 4.78. The lowest BCUT2D eigenvalue weighted by molar-refractivity contribution is -0.167. The molecule has 0 aromatic carbocycles. The van der Waals surface area contributed by atoms with Crippen molar-refractivity contribution >= 4 is 18.0 Å². The second kappa shape index (κ2) is 6.26. The molecule has 1 amide bonds. The smallest absolute Gasteiger partial charge is 0.408 e. The molecule has 1 saturated carbocycles. The molecule has 0 radical (unpaired) electrons. The van der Waals surface area contributed by atoms with Crippen LogP contribution in [0.4, 0.5) is 4.79 Å². The molecular formula is C16H25NO5. The number of rotatable bonds is 2. The molecule has 1 N–H and O–H groups in total. The summed E-state index contributed by atoms with van der Waals surface area (Å²) in [6.07, 6.45) is 4.41. The van der Waals surface area contributed by atoms with Gasteiger partial charge in [-0.05, 0) is 33.6 Å². The molecule has 0 atom stereocenters. The quantitative estimate of drug-likeness (QED) is 0.626. The maximum atomic E-state index is 12.2. The molecule has 22 heavy (non-hydrogen) atoms. The third kappa shape index (κ3) is 4.21. The summed E-state index contributed by atoms with van der Waals surface area (Å²) in [5.74, 6) is -1.22. The highest BCUT2D eigenvalue weighted by Crippen LogP contribution is 2.40. The summed E-state index contributed by atoms with van der Waals surface area (Å²) in [6, 6.07) is 0. The topological polar surface area (TPSA) is 81.7 Å². The van der Waals surface area contributed by atoms with Gasteiger partial charge in [-0.2, -0.15) is 0 Å². The fourth-order valence-corrected chi connectivity index (χ4v) is 3.40. The fourth-order valence-electron chi connectivity index (χ4n) is 3.40. The maximum Gasteiger partial charge on any atom is 0.408 e. The maximum absolute atomic E-state index is 12.2. The monoisotopic (exact) mass is 311 g/mol. The Morgan fingerprint density at radius 1 is 1.14 bits per heavy atom. The minimum absolute atomic E-state index is 0.168. The van der Waals surface area contributed by atoms with E-state index in [9.17, 15) is 14.4 Å². The molecule has 1 aliphatic carbocycles. The highest BCUT2D eigenvalue weighted by atomic mass is 16.6. The summed E-state index contributed by atoms with van der Waals surface area (Å²) in [6.45, 7) is 5.42. The van der Waals surface area contributed by atoms with Gasteiger partial charge in [0.2, 0.25) is 0 Å². The number of carbonyl (C=O) groups excluding carboxylic acids is 3. The summed E-state index contributed by atoms with van der Waals surface area (Å²) in [4.78, 5) is 35.4. The van der Waals surface area contributed by atoms with Crippen molar-refractivity contribution in [1.29, 1.82) is 0 Å². The lowest BCUT2D eigenvalue weighted by Gasteiger charge is -2.44. The Bertz CT molecular complexity index is 444. The molecule has 6 nitrogen and oxygen atoms in total. The Morgan fingerprint density at radius 3 is 2.18 bits per heavy atom. The van der Waals surface area contributed by atoms with Gasteiger partial charge in [0, 0.05) is 11.5 Å². The number of hydrogen-bond donors (Lipinski definition) is 1. The first-order valence-electron chi connectivity index (χ1n) is 7.95. The Balaban J connectivity index is 2.15. The van der Waals surface area contributed by atoms with Crippen molar-refractivity contribution in [1.82, 2.24) is 5.32 Å². The molecule has 124 valence electrons. The third-order valence-corrected chi connectivity index (χ3v) is 4.33. The van der Waals surface area contributed by atoms with Crippen molar-refractivity contribution in [2.24, 2.45) is 5.92 Å². The first kappa shape index (κ1) is 16.8. The fraction of sp³-hybridized carbons (Fsp3) is 0.812. The molecule has 0 aromatic rings. The molecule has 0 unspecified atom stereocenters. The average Bonchev–Trinajstić information content (AvgIpc) is 2.36. The van der Waals surface area contributed by atoms with E-state index >= 15 is 0 Å². The van der Waals surface area contributed by atoms with Gasteiger partial charge in [-0.3, -0.25) is 9.59 Å². The first-order chi connectivity index (χ1) is 10.2.